The lowest BCUT2D eigenvalue weighted by molar-refractivity contribution is -0.385. The summed E-state index contributed by atoms with van der Waals surface area (Å²) in [7, 11) is 0. The van der Waals surface area contributed by atoms with Crippen LogP contribution in [0, 0.1) is 10.1 Å². The largest absolute Gasteiger partial charge is 0.489 e. The summed E-state index contributed by atoms with van der Waals surface area (Å²) in [5.74, 6) is 1.22. The molecule has 0 N–H and O–H groups in total. The van der Waals surface area contributed by atoms with Crippen LogP contribution in [-0.4, -0.2) is 4.92 Å². The summed E-state index contributed by atoms with van der Waals surface area (Å²) < 4.78 is 6.16. The van der Waals surface area contributed by atoms with Crippen molar-refractivity contribution in [1.82, 2.24) is 0 Å². The molecule has 2 aromatic carbocycles. The van der Waals surface area contributed by atoms with Crippen molar-refractivity contribution in [2.75, 3.05) is 0 Å². The Morgan fingerprint density at radius 3 is 2.43 bits per heavy atom. The number of halogens is 1. The first kappa shape index (κ1) is 15.5. The highest BCUT2D eigenvalue weighted by Gasteiger charge is 2.15. The SMILES string of the molecule is CC(C)c1ccc(OCc2cccc([N+](=O)[O-])c2Br)cc1. The second-order valence-electron chi connectivity index (χ2n) is 5.02. The number of hydrogen-bond donors (Lipinski definition) is 0. The first-order valence-corrected chi connectivity index (χ1v) is 7.43. The van der Waals surface area contributed by atoms with Gasteiger partial charge in [-0.3, -0.25) is 10.1 Å². The molecule has 0 radical (unpaired) electrons. The molecule has 0 atom stereocenters. The fourth-order valence-corrected chi connectivity index (χ4v) is 2.45. The molecule has 4 nitrogen and oxygen atoms in total. The maximum absolute atomic E-state index is 10.9. The Kier molecular flexibility index (Phi) is 4.96. The smallest absolute Gasteiger partial charge is 0.283 e. The number of nitro benzene ring substituents is 1. The minimum atomic E-state index is -0.412. The van der Waals surface area contributed by atoms with Gasteiger partial charge < -0.3 is 4.74 Å². The van der Waals surface area contributed by atoms with E-state index in [1.165, 1.54) is 11.6 Å². The Hall–Kier alpha value is -1.88. The predicted molar refractivity (Wildman–Crippen MR) is 85.7 cm³/mol. The average Bonchev–Trinajstić information content (AvgIpc) is 2.46. The van der Waals surface area contributed by atoms with Gasteiger partial charge in [0.1, 0.15) is 16.8 Å². The highest BCUT2D eigenvalue weighted by Crippen LogP contribution is 2.29. The third-order valence-electron chi connectivity index (χ3n) is 3.20. The summed E-state index contributed by atoms with van der Waals surface area (Å²) in [4.78, 5) is 10.5. The van der Waals surface area contributed by atoms with Crippen LogP contribution in [0.2, 0.25) is 0 Å². The molecule has 2 rings (SSSR count). The van der Waals surface area contributed by atoms with Crippen molar-refractivity contribution >= 4 is 21.6 Å². The molecule has 5 heteroatoms. The molecule has 0 amide bonds. The van der Waals surface area contributed by atoms with E-state index in [1.54, 1.807) is 12.1 Å². The van der Waals surface area contributed by atoms with Crippen LogP contribution in [0.5, 0.6) is 5.75 Å². The first-order valence-electron chi connectivity index (χ1n) is 6.63. The van der Waals surface area contributed by atoms with Gasteiger partial charge in [-0.2, -0.15) is 0 Å². The molecule has 110 valence electrons. The van der Waals surface area contributed by atoms with E-state index in [0.717, 1.165) is 11.3 Å². The van der Waals surface area contributed by atoms with Gasteiger partial charge in [-0.1, -0.05) is 38.1 Å². The number of nitro groups is 1. The van der Waals surface area contributed by atoms with Gasteiger partial charge in [0, 0.05) is 11.6 Å². The average molecular weight is 350 g/mol. The fourth-order valence-electron chi connectivity index (χ4n) is 1.93. The molecular weight excluding hydrogens is 334 g/mol. The minimum absolute atomic E-state index is 0.0475. The van der Waals surface area contributed by atoms with Crippen LogP contribution in [0.1, 0.15) is 30.9 Å². The number of ether oxygens (including phenoxy) is 1. The molecule has 2 aromatic rings. The van der Waals surface area contributed by atoms with Gasteiger partial charge in [-0.25, -0.2) is 0 Å². The van der Waals surface area contributed by atoms with Gasteiger partial charge in [-0.15, -0.1) is 0 Å². The molecule has 0 aliphatic heterocycles. The molecule has 0 unspecified atom stereocenters. The van der Waals surface area contributed by atoms with Crippen molar-refractivity contribution in [2.45, 2.75) is 26.4 Å². The molecule has 0 heterocycles. The van der Waals surface area contributed by atoms with Gasteiger partial charge in [-0.05, 0) is 39.5 Å². The van der Waals surface area contributed by atoms with Crippen LogP contribution < -0.4 is 4.74 Å². The Morgan fingerprint density at radius 2 is 1.86 bits per heavy atom. The predicted octanol–water partition coefficient (Wildman–Crippen LogP) is 5.06. The van der Waals surface area contributed by atoms with E-state index in [9.17, 15) is 10.1 Å². The molecule has 0 aliphatic carbocycles. The third kappa shape index (κ3) is 3.82. The zero-order chi connectivity index (χ0) is 15.4. The lowest BCUT2D eigenvalue weighted by atomic mass is 10.0. The van der Waals surface area contributed by atoms with Crippen LogP contribution in [-0.2, 0) is 6.61 Å². The zero-order valence-corrected chi connectivity index (χ0v) is 13.5. The zero-order valence-electron chi connectivity index (χ0n) is 11.9. The van der Waals surface area contributed by atoms with Crippen molar-refractivity contribution in [3.8, 4) is 5.75 Å². The number of nitrogens with zero attached hydrogens (tertiary/aromatic N) is 1. The van der Waals surface area contributed by atoms with Gasteiger partial charge in [0.15, 0.2) is 0 Å². The summed E-state index contributed by atoms with van der Waals surface area (Å²) in [6, 6.07) is 12.8. The molecule has 0 saturated heterocycles. The monoisotopic (exact) mass is 349 g/mol. The molecular formula is C16H16BrNO3. The number of benzene rings is 2. The van der Waals surface area contributed by atoms with E-state index in [4.69, 9.17) is 4.74 Å². The Labute approximate surface area is 132 Å². The maximum Gasteiger partial charge on any atom is 0.283 e. The van der Waals surface area contributed by atoms with E-state index >= 15 is 0 Å². The molecule has 0 aliphatic rings. The lowest BCUT2D eigenvalue weighted by Crippen LogP contribution is -1.99. The molecule has 0 fully saturated rings. The van der Waals surface area contributed by atoms with Crippen LogP contribution in [0.3, 0.4) is 0 Å². The van der Waals surface area contributed by atoms with Crippen molar-refractivity contribution in [3.63, 3.8) is 0 Å². The summed E-state index contributed by atoms with van der Waals surface area (Å²) in [6.07, 6.45) is 0. The fraction of sp³-hybridized carbons (Fsp3) is 0.250. The van der Waals surface area contributed by atoms with Gasteiger partial charge in [0.2, 0.25) is 0 Å². The van der Waals surface area contributed by atoms with Gasteiger partial charge >= 0.3 is 0 Å². The topological polar surface area (TPSA) is 52.4 Å². The second kappa shape index (κ2) is 6.72. The van der Waals surface area contributed by atoms with Crippen LogP contribution in [0.15, 0.2) is 46.9 Å². The maximum atomic E-state index is 10.9. The van der Waals surface area contributed by atoms with Gasteiger partial charge in [0.25, 0.3) is 5.69 Å². The Morgan fingerprint density at radius 1 is 1.19 bits per heavy atom. The summed E-state index contributed by atoms with van der Waals surface area (Å²) in [5, 5.41) is 10.9. The quantitative estimate of drug-likeness (QED) is 0.559. The second-order valence-corrected chi connectivity index (χ2v) is 5.81. The van der Waals surface area contributed by atoms with E-state index in [0.29, 0.717) is 10.4 Å². The molecule has 0 saturated carbocycles. The van der Waals surface area contributed by atoms with E-state index < -0.39 is 4.92 Å². The Bertz CT molecular complexity index is 638. The van der Waals surface area contributed by atoms with Crippen LogP contribution >= 0.6 is 15.9 Å². The summed E-state index contributed by atoms with van der Waals surface area (Å²) in [6.45, 7) is 4.55. The molecule has 0 spiro atoms. The summed E-state index contributed by atoms with van der Waals surface area (Å²) >= 11 is 3.26. The van der Waals surface area contributed by atoms with E-state index in [1.807, 2.05) is 24.3 Å². The van der Waals surface area contributed by atoms with Crippen molar-refractivity contribution in [3.05, 3.63) is 68.2 Å². The number of hydrogen-bond acceptors (Lipinski definition) is 3. The lowest BCUT2D eigenvalue weighted by Gasteiger charge is -2.10. The normalized spacial score (nSPS) is 10.7. The molecule has 0 aromatic heterocycles. The molecule has 0 bridgehead atoms. The van der Waals surface area contributed by atoms with Crippen molar-refractivity contribution < 1.29 is 9.66 Å². The highest BCUT2D eigenvalue weighted by molar-refractivity contribution is 9.10. The standard InChI is InChI=1S/C16H16BrNO3/c1-11(2)12-6-8-14(9-7-12)21-10-13-4-3-5-15(16(13)17)18(19)20/h3-9,11H,10H2,1-2H3. The van der Waals surface area contributed by atoms with E-state index in [2.05, 4.69) is 29.8 Å². The van der Waals surface area contributed by atoms with Crippen LogP contribution in [0.4, 0.5) is 5.69 Å². The third-order valence-corrected chi connectivity index (χ3v) is 4.11. The van der Waals surface area contributed by atoms with Crippen molar-refractivity contribution in [1.29, 1.82) is 0 Å². The van der Waals surface area contributed by atoms with E-state index in [-0.39, 0.29) is 12.3 Å². The Balaban J connectivity index is 2.09. The number of rotatable bonds is 5. The molecule has 21 heavy (non-hydrogen) atoms. The minimum Gasteiger partial charge on any atom is -0.489 e. The van der Waals surface area contributed by atoms with Crippen molar-refractivity contribution in [2.24, 2.45) is 0 Å². The van der Waals surface area contributed by atoms with Gasteiger partial charge in [0.05, 0.1) is 4.92 Å². The summed E-state index contributed by atoms with van der Waals surface area (Å²) in [5.41, 5.74) is 2.04. The highest BCUT2D eigenvalue weighted by atomic mass is 79.9. The first-order chi connectivity index (χ1) is 9.99. The van der Waals surface area contributed by atoms with Crippen LogP contribution in [0.25, 0.3) is 0 Å².